The van der Waals surface area contributed by atoms with E-state index in [4.69, 9.17) is 5.73 Å². The van der Waals surface area contributed by atoms with Gasteiger partial charge in [-0.25, -0.2) is 0 Å². The number of carbonyl (C=O) groups is 1. The van der Waals surface area contributed by atoms with E-state index in [1.54, 1.807) is 0 Å². The maximum atomic E-state index is 12.3. The van der Waals surface area contributed by atoms with Crippen molar-refractivity contribution in [3.63, 3.8) is 0 Å². The number of hydrogen-bond acceptors (Lipinski definition) is 1. The highest BCUT2D eigenvalue weighted by Gasteiger charge is 2.80. The van der Waals surface area contributed by atoms with E-state index < -0.39 is 3.42 Å². The van der Waals surface area contributed by atoms with E-state index in [9.17, 15) is 4.79 Å². The molecule has 2 atom stereocenters. The average molecular weight is 1390 g/mol. The van der Waals surface area contributed by atoms with Crippen LogP contribution in [0.4, 0.5) is 0 Å². The molecule has 1 aliphatic rings. The Kier molecular flexibility index (Phi) is 9.59. The lowest BCUT2D eigenvalue weighted by Gasteiger charge is -2.62. The summed E-state index contributed by atoms with van der Waals surface area (Å²) >= 11 is 24.6. The van der Waals surface area contributed by atoms with E-state index in [1.165, 1.54) is 0 Å². The number of nitrogens with two attached hydrogens (primary N) is 1. The molecule has 2 unspecified atom stereocenters. The van der Waals surface area contributed by atoms with Crippen LogP contribution in [0, 0.1) is 0 Å². The number of carbonyl (C=O) groups excluding carboxylic acids is 1. The first-order valence-corrected chi connectivity index (χ1v) is 15.2. The average Bonchev–Trinajstić information content (AvgIpc) is 2.24. The van der Waals surface area contributed by atoms with Gasteiger partial charge >= 0.3 is 0 Å². The van der Waals surface area contributed by atoms with E-state index in [1.807, 2.05) is 0 Å². The Hall–Kier alpha value is 6.77. The molecule has 0 aromatic carbocycles. The van der Waals surface area contributed by atoms with Gasteiger partial charge in [-0.2, -0.15) is 0 Å². The van der Waals surface area contributed by atoms with Gasteiger partial charge in [-0.3, -0.25) is 4.79 Å². The highest BCUT2D eigenvalue weighted by Crippen LogP contribution is 2.78. The molecule has 1 rings (SSSR count). The number of amides is 1. The summed E-state index contributed by atoms with van der Waals surface area (Å²) in [5, 5.41) is 0. The van der Waals surface area contributed by atoms with Crippen LogP contribution in [0.5, 0.6) is 0 Å². The van der Waals surface area contributed by atoms with Crippen LogP contribution in [0.3, 0.4) is 0 Å². The standard InChI is InChI=1S/C7H3I10NO/c8-1-3(9,2(18)19)5(12,13)7(16,17)6(14,15)4(1,10)11/h1H,(H2,18,19). The van der Waals surface area contributed by atoms with Gasteiger partial charge in [-0.05, 0) is 0 Å². The molecule has 12 heteroatoms. The van der Waals surface area contributed by atoms with E-state index in [2.05, 4.69) is 226 Å². The summed E-state index contributed by atoms with van der Waals surface area (Å²) in [5.41, 5.74) is 5.82. The normalized spacial score (nSPS) is 38.7. The molecule has 2 N–H and O–H groups in total. The van der Waals surface area contributed by atoms with Gasteiger partial charge < -0.3 is 5.73 Å². The molecule has 1 aliphatic carbocycles. The summed E-state index contributed by atoms with van der Waals surface area (Å²) in [6.07, 6.45) is 0. The molecule has 1 fully saturated rings. The summed E-state index contributed by atoms with van der Waals surface area (Å²) in [7, 11) is 0. The molecule has 0 bridgehead atoms. The first-order chi connectivity index (χ1) is 8.10. The van der Waals surface area contributed by atoms with Gasteiger partial charge in [0.15, 0.2) is 0 Å². The molecular formula is C7H3I10NO. The topological polar surface area (TPSA) is 43.1 Å². The second-order valence-corrected chi connectivity index (χ2v) is 28.1. The summed E-state index contributed by atoms with van der Waals surface area (Å²) in [6.45, 7) is 0. The quantitative estimate of drug-likeness (QED) is 0.230. The smallest absolute Gasteiger partial charge is 0.236 e. The number of primary amides is 1. The van der Waals surface area contributed by atoms with Crippen molar-refractivity contribution in [2.75, 3.05) is 0 Å². The monoisotopic (exact) mass is 1390 g/mol. The van der Waals surface area contributed by atoms with Gasteiger partial charge in [0.25, 0.3) is 0 Å². The minimum absolute atomic E-state index is 0.0316. The van der Waals surface area contributed by atoms with Crippen LogP contribution < -0.4 is 5.73 Å². The molecule has 0 radical (unpaired) electrons. The first kappa shape index (κ1) is 23.8. The lowest BCUT2D eigenvalue weighted by Crippen LogP contribution is -2.77. The fraction of sp³-hybridized carbons (Fsp3) is 0.857. The third-order valence-electron chi connectivity index (χ3n) is 2.69. The molecule has 1 saturated carbocycles. The van der Waals surface area contributed by atoms with E-state index in [0.717, 1.165) is 0 Å². The second-order valence-electron chi connectivity index (χ2n) is 3.78. The van der Waals surface area contributed by atoms with E-state index >= 15 is 0 Å². The molecular weight excluding hydrogens is 1380 g/mol. The molecule has 112 valence electrons. The Morgan fingerprint density at radius 3 is 1.47 bits per heavy atom. The summed E-state index contributed by atoms with van der Waals surface area (Å²) in [4.78, 5) is 12.3. The largest absolute Gasteiger partial charge is 0.368 e. The number of rotatable bonds is 1. The van der Waals surface area contributed by atoms with Gasteiger partial charge in [-0.1, -0.05) is 226 Å². The summed E-state index contributed by atoms with van der Waals surface area (Å²) in [6, 6.07) is 0. The van der Waals surface area contributed by atoms with Gasteiger partial charge in [0.2, 0.25) is 5.91 Å². The van der Waals surface area contributed by atoms with Crippen molar-refractivity contribution < 1.29 is 4.79 Å². The maximum Gasteiger partial charge on any atom is 0.236 e. The third kappa shape index (κ3) is 3.48. The predicted molar refractivity (Wildman–Crippen MR) is 167 cm³/mol. The third-order valence-corrected chi connectivity index (χ3v) is 37.3. The van der Waals surface area contributed by atoms with Crippen LogP contribution in [-0.4, -0.2) is 19.0 Å². The molecule has 0 heterocycles. The molecule has 19 heavy (non-hydrogen) atoms. The first-order valence-electron chi connectivity index (χ1n) is 4.24. The molecule has 0 saturated heterocycles. The van der Waals surface area contributed by atoms with Crippen LogP contribution in [0.2, 0.25) is 0 Å². The molecule has 0 aromatic heterocycles. The van der Waals surface area contributed by atoms with Crippen molar-refractivity contribution in [3.8, 4) is 0 Å². The Balaban J connectivity index is 3.72. The zero-order chi connectivity index (χ0) is 15.7. The number of hydrogen-bond donors (Lipinski definition) is 1. The highest BCUT2D eigenvalue weighted by atomic mass is 127. The van der Waals surface area contributed by atoms with Gasteiger partial charge in [0.1, 0.15) is 9.14 Å². The van der Waals surface area contributed by atoms with Crippen LogP contribution >= 0.6 is 226 Å². The minimum Gasteiger partial charge on any atom is -0.368 e. The fourth-order valence-corrected chi connectivity index (χ4v) is 19.2. The Morgan fingerprint density at radius 2 is 1.16 bits per heavy atom. The highest BCUT2D eigenvalue weighted by molar-refractivity contribution is 14.2. The molecule has 1 amide bonds. The summed E-state index contributed by atoms with van der Waals surface area (Å²) < 4.78 is -1.05. The maximum absolute atomic E-state index is 12.3. The van der Waals surface area contributed by atoms with Crippen molar-refractivity contribution in [3.05, 3.63) is 0 Å². The van der Waals surface area contributed by atoms with Crippen molar-refractivity contribution >= 4 is 232 Å². The molecule has 2 nitrogen and oxygen atoms in total. The Labute approximate surface area is 248 Å². The second kappa shape index (κ2) is 7.65. The van der Waals surface area contributed by atoms with Gasteiger partial charge in [0, 0.05) is 0 Å². The van der Waals surface area contributed by atoms with Gasteiger partial charge in [-0.15, -0.1) is 0 Å². The van der Waals surface area contributed by atoms with Crippen molar-refractivity contribution in [1.29, 1.82) is 0 Å². The lowest BCUT2D eigenvalue weighted by atomic mass is 9.88. The van der Waals surface area contributed by atoms with Crippen molar-refractivity contribution in [1.82, 2.24) is 0 Å². The minimum atomic E-state index is -0.614. The van der Waals surface area contributed by atoms with Crippen molar-refractivity contribution in [2.24, 2.45) is 5.73 Å². The predicted octanol–water partition coefficient (Wildman–Crippen LogP) is 6.73. The van der Waals surface area contributed by atoms with E-state index in [0.29, 0.717) is 0 Å². The molecule has 0 aliphatic heterocycles. The SMILES string of the molecule is NC(=O)C1(I)C(I)C(I)(I)C(I)(I)C(I)(I)C1(I)I. The fourth-order valence-electron chi connectivity index (χ4n) is 1.48. The number of alkyl halides is 10. The Bertz CT molecular complexity index is 420. The van der Waals surface area contributed by atoms with Crippen LogP contribution in [0.15, 0.2) is 0 Å². The van der Waals surface area contributed by atoms with Gasteiger partial charge in [0.05, 0.1) is 3.92 Å². The van der Waals surface area contributed by atoms with Crippen LogP contribution in [-0.2, 0) is 4.79 Å². The zero-order valence-corrected chi connectivity index (χ0v) is 29.9. The molecule has 0 spiro atoms. The zero-order valence-electron chi connectivity index (χ0n) is 8.34. The van der Waals surface area contributed by atoms with E-state index in [-0.39, 0.29) is 15.5 Å². The lowest BCUT2D eigenvalue weighted by molar-refractivity contribution is -0.119. The van der Waals surface area contributed by atoms with Crippen LogP contribution in [0.1, 0.15) is 0 Å². The van der Waals surface area contributed by atoms with Crippen LogP contribution in [0.25, 0.3) is 0 Å². The van der Waals surface area contributed by atoms with Crippen molar-refractivity contribution in [2.45, 2.75) is 13.1 Å². The molecule has 0 aromatic rings. The number of halogens is 10. The summed E-state index contributed by atoms with van der Waals surface area (Å²) in [5.74, 6) is -0.227. The Morgan fingerprint density at radius 1 is 0.789 bits per heavy atom.